The van der Waals surface area contributed by atoms with E-state index in [2.05, 4.69) is 13.8 Å². The third-order valence-corrected chi connectivity index (χ3v) is 2.58. The summed E-state index contributed by atoms with van der Waals surface area (Å²) in [6.07, 6.45) is 1.89. The Kier molecular flexibility index (Phi) is 3.34. The highest BCUT2D eigenvalue weighted by molar-refractivity contribution is 6.30. The van der Waals surface area contributed by atoms with Gasteiger partial charge in [-0.3, -0.25) is 0 Å². The van der Waals surface area contributed by atoms with Crippen molar-refractivity contribution in [2.75, 3.05) is 0 Å². The van der Waals surface area contributed by atoms with Crippen LogP contribution in [0.25, 0.3) is 0 Å². The van der Waals surface area contributed by atoms with Crippen LogP contribution in [0.15, 0.2) is 24.3 Å². The second-order valence-corrected chi connectivity index (χ2v) is 4.25. The minimum atomic E-state index is -0.103. The Morgan fingerprint density at radius 1 is 1.31 bits per heavy atom. The van der Waals surface area contributed by atoms with Gasteiger partial charge in [0.15, 0.2) is 0 Å². The van der Waals surface area contributed by atoms with Gasteiger partial charge >= 0.3 is 0 Å². The maximum absolute atomic E-state index is 6.05. The molecule has 1 aromatic rings. The summed E-state index contributed by atoms with van der Waals surface area (Å²) in [5, 5.41) is 0.777. The number of halogens is 1. The molecule has 0 fully saturated rings. The molecule has 0 heterocycles. The molecule has 1 rings (SSSR count). The van der Waals surface area contributed by atoms with Gasteiger partial charge in [0.2, 0.25) is 0 Å². The Hall–Kier alpha value is -0.530. The summed E-state index contributed by atoms with van der Waals surface area (Å²) in [6.45, 7) is 4.18. The standard InChI is InChI=1S/C11H16ClN/c1-3-11(2,13)8-9-4-6-10(12)7-5-9/h4-7H,3,8,13H2,1-2H3. The van der Waals surface area contributed by atoms with Crippen molar-refractivity contribution < 1.29 is 0 Å². The van der Waals surface area contributed by atoms with Gasteiger partial charge in [-0.2, -0.15) is 0 Å². The minimum Gasteiger partial charge on any atom is -0.325 e. The molecule has 0 bridgehead atoms. The van der Waals surface area contributed by atoms with E-state index in [0.29, 0.717) is 0 Å². The zero-order chi connectivity index (χ0) is 9.90. The predicted octanol–water partition coefficient (Wildman–Crippen LogP) is 3.01. The minimum absolute atomic E-state index is 0.103. The topological polar surface area (TPSA) is 26.0 Å². The number of hydrogen-bond donors (Lipinski definition) is 1. The number of rotatable bonds is 3. The van der Waals surface area contributed by atoms with E-state index in [-0.39, 0.29) is 5.54 Å². The van der Waals surface area contributed by atoms with Crippen LogP contribution in [0.4, 0.5) is 0 Å². The molecule has 0 aliphatic heterocycles. The lowest BCUT2D eigenvalue weighted by Gasteiger charge is -2.22. The molecule has 0 spiro atoms. The zero-order valence-electron chi connectivity index (χ0n) is 8.18. The average molecular weight is 198 g/mol. The van der Waals surface area contributed by atoms with E-state index in [1.165, 1.54) is 5.56 Å². The molecule has 0 saturated carbocycles. The smallest absolute Gasteiger partial charge is 0.0406 e. The van der Waals surface area contributed by atoms with Crippen molar-refractivity contribution >= 4 is 11.6 Å². The van der Waals surface area contributed by atoms with Crippen molar-refractivity contribution in [3.8, 4) is 0 Å². The molecule has 0 aliphatic carbocycles. The van der Waals surface area contributed by atoms with Gasteiger partial charge < -0.3 is 5.73 Å². The fraction of sp³-hybridized carbons (Fsp3) is 0.455. The SMILES string of the molecule is CCC(C)(N)Cc1ccc(Cl)cc1. The molecule has 72 valence electrons. The number of nitrogens with two attached hydrogens (primary N) is 1. The highest BCUT2D eigenvalue weighted by Gasteiger charge is 2.15. The van der Waals surface area contributed by atoms with E-state index >= 15 is 0 Å². The van der Waals surface area contributed by atoms with E-state index in [9.17, 15) is 0 Å². The predicted molar refractivity (Wildman–Crippen MR) is 58.0 cm³/mol. The number of benzene rings is 1. The van der Waals surface area contributed by atoms with Crippen LogP contribution in [0.2, 0.25) is 5.02 Å². The fourth-order valence-electron chi connectivity index (χ4n) is 1.19. The summed E-state index contributed by atoms with van der Waals surface area (Å²) in [4.78, 5) is 0. The van der Waals surface area contributed by atoms with Crippen molar-refractivity contribution in [2.45, 2.75) is 32.2 Å². The normalized spacial score (nSPS) is 15.4. The van der Waals surface area contributed by atoms with Gasteiger partial charge in [-0.1, -0.05) is 30.7 Å². The first-order valence-corrected chi connectivity index (χ1v) is 4.94. The van der Waals surface area contributed by atoms with Crippen molar-refractivity contribution in [3.05, 3.63) is 34.9 Å². The molecular weight excluding hydrogens is 182 g/mol. The van der Waals surface area contributed by atoms with Crippen LogP contribution in [-0.4, -0.2) is 5.54 Å². The van der Waals surface area contributed by atoms with Gasteiger partial charge in [0, 0.05) is 10.6 Å². The Balaban J connectivity index is 2.69. The van der Waals surface area contributed by atoms with Gasteiger partial charge in [-0.15, -0.1) is 0 Å². The number of hydrogen-bond acceptors (Lipinski definition) is 1. The summed E-state index contributed by atoms with van der Waals surface area (Å²) in [6, 6.07) is 7.87. The lowest BCUT2D eigenvalue weighted by atomic mass is 9.92. The van der Waals surface area contributed by atoms with Crippen LogP contribution >= 0.6 is 11.6 Å². The van der Waals surface area contributed by atoms with Crippen molar-refractivity contribution in [1.82, 2.24) is 0 Å². The summed E-state index contributed by atoms with van der Waals surface area (Å²) in [5.74, 6) is 0. The Labute approximate surface area is 84.9 Å². The second-order valence-electron chi connectivity index (χ2n) is 3.81. The summed E-state index contributed by atoms with van der Waals surface area (Å²) >= 11 is 5.79. The maximum atomic E-state index is 6.05. The molecule has 0 aromatic heterocycles. The summed E-state index contributed by atoms with van der Waals surface area (Å²) in [5.41, 5.74) is 7.20. The van der Waals surface area contributed by atoms with Crippen LogP contribution < -0.4 is 5.73 Å². The first-order valence-electron chi connectivity index (χ1n) is 4.57. The lowest BCUT2D eigenvalue weighted by Crippen LogP contribution is -2.37. The molecule has 0 radical (unpaired) electrons. The van der Waals surface area contributed by atoms with Crippen LogP contribution in [0.1, 0.15) is 25.8 Å². The molecule has 0 saturated heterocycles. The molecular formula is C11H16ClN. The maximum Gasteiger partial charge on any atom is 0.0406 e. The Morgan fingerprint density at radius 2 is 1.85 bits per heavy atom. The zero-order valence-corrected chi connectivity index (χ0v) is 8.93. The van der Waals surface area contributed by atoms with Gasteiger partial charge in [-0.25, -0.2) is 0 Å². The van der Waals surface area contributed by atoms with E-state index in [4.69, 9.17) is 17.3 Å². The molecule has 13 heavy (non-hydrogen) atoms. The first-order chi connectivity index (χ1) is 6.03. The van der Waals surface area contributed by atoms with Crippen LogP contribution in [0.5, 0.6) is 0 Å². The third kappa shape index (κ3) is 3.37. The molecule has 0 aliphatic rings. The van der Waals surface area contributed by atoms with Crippen LogP contribution in [0, 0.1) is 0 Å². The first kappa shape index (κ1) is 10.6. The Bertz CT molecular complexity index is 264. The highest BCUT2D eigenvalue weighted by Crippen LogP contribution is 2.16. The second kappa shape index (κ2) is 4.12. The largest absolute Gasteiger partial charge is 0.325 e. The quantitative estimate of drug-likeness (QED) is 0.792. The molecule has 1 aromatic carbocycles. The molecule has 1 unspecified atom stereocenters. The van der Waals surface area contributed by atoms with Crippen molar-refractivity contribution in [2.24, 2.45) is 5.73 Å². The van der Waals surface area contributed by atoms with Gasteiger partial charge in [-0.05, 0) is 37.5 Å². The van der Waals surface area contributed by atoms with E-state index in [1.807, 2.05) is 24.3 Å². The van der Waals surface area contributed by atoms with Crippen molar-refractivity contribution in [1.29, 1.82) is 0 Å². The molecule has 1 atom stereocenters. The summed E-state index contributed by atoms with van der Waals surface area (Å²) < 4.78 is 0. The van der Waals surface area contributed by atoms with Gasteiger partial charge in [0.25, 0.3) is 0 Å². The van der Waals surface area contributed by atoms with Gasteiger partial charge in [0.1, 0.15) is 0 Å². The molecule has 1 nitrogen and oxygen atoms in total. The third-order valence-electron chi connectivity index (χ3n) is 2.33. The van der Waals surface area contributed by atoms with Gasteiger partial charge in [0.05, 0.1) is 0 Å². The van der Waals surface area contributed by atoms with E-state index in [1.54, 1.807) is 0 Å². The Morgan fingerprint density at radius 3 is 2.31 bits per heavy atom. The van der Waals surface area contributed by atoms with E-state index in [0.717, 1.165) is 17.9 Å². The average Bonchev–Trinajstić information content (AvgIpc) is 2.09. The monoisotopic (exact) mass is 197 g/mol. The van der Waals surface area contributed by atoms with Crippen LogP contribution in [0.3, 0.4) is 0 Å². The fourth-order valence-corrected chi connectivity index (χ4v) is 1.32. The molecule has 0 amide bonds. The van der Waals surface area contributed by atoms with Crippen LogP contribution in [-0.2, 0) is 6.42 Å². The summed E-state index contributed by atoms with van der Waals surface area (Å²) in [7, 11) is 0. The lowest BCUT2D eigenvalue weighted by molar-refractivity contribution is 0.450. The highest BCUT2D eigenvalue weighted by atomic mass is 35.5. The van der Waals surface area contributed by atoms with E-state index < -0.39 is 0 Å². The molecule has 2 heteroatoms. The van der Waals surface area contributed by atoms with Crippen molar-refractivity contribution in [3.63, 3.8) is 0 Å². The molecule has 2 N–H and O–H groups in total.